The standard InChI is InChI=1S/C38H51N5O7/c1-24(46)34-33(23-45)50-43(35(34)37(39)47)20-26-12-8-14-32(36(26)49-4)27-17-28(19-31(18-27)42-15-9-13-30(42)22-44)38(48)40-29(21-41(2)3)16-25-10-6-5-7-11-25/h5-8,10-12,14,17-19,24,29-30,33-35,44-46H,9,13,15-16,20-23H2,1-4H3,(H2,39,47)(H,40,48)/t24-,29-,30+,33-,34+,35-/m0/s1. The van der Waals surface area contributed by atoms with E-state index in [1.54, 1.807) is 14.0 Å². The number of rotatable bonds is 15. The Morgan fingerprint density at radius 1 is 1.08 bits per heavy atom. The van der Waals surface area contributed by atoms with Crippen LogP contribution < -0.4 is 20.7 Å². The summed E-state index contributed by atoms with van der Waals surface area (Å²) in [4.78, 5) is 36.8. The van der Waals surface area contributed by atoms with E-state index >= 15 is 0 Å². The zero-order valence-electron chi connectivity index (χ0n) is 29.4. The maximum atomic E-state index is 14.1. The Kier molecular flexibility index (Phi) is 12.5. The zero-order chi connectivity index (χ0) is 35.9. The minimum Gasteiger partial charge on any atom is -0.496 e. The molecule has 2 amide bonds. The number of nitrogens with one attached hydrogen (secondary N) is 1. The maximum absolute atomic E-state index is 14.1. The van der Waals surface area contributed by atoms with Crippen LogP contribution in [0.2, 0.25) is 0 Å². The Balaban J connectivity index is 1.52. The lowest BCUT2D eigenvalue weighted by atomic mass is 9.89. The number of carbonyl (C=O) groups excluding carboxylic acids is 2. The fourth-order valence-corrected chi connectivity index (χ4v) is 7.45. The quantitative estimate of drug-likeness (QED) is 0.160. The number of anilines is 1. The van der Waals surface area contributed by atoms with Crippen molar-refractivity contribution in [2.45, 2.75) is 63.1 Å². The normalized spacial score (nSPS) is 22.1. The summed E-state index contributed by atoms with van der Waals surface area (Å²) < 4.78 is 5.99. The number of methoxy groups -OCH3 is 1. The van der Waals surface area contributed by atoms with E-state index in [2.05, 4.69) is 27.2 Å². The molecule has 270 valence electrons. The predicted molar refractivity (Wildman–Crippen MR) is 191 cm³/mol. The highest BCUT2D eigenvalue weighted by Gasteiger charge is 2.48. The van der Waals surface area contributed by atoms with Crippen molar-refractivity contribution in [3.05, 3.63) is 83.4 Å². The van der Waals surface area contributed by atoms with Crippen LogP contribution in [0.25, 0.3) is 11.1 Å². The largest absolute Gasteiger partial charge is 0.496 e. The first-order valence-electron chi connectivity index (χ1n) is 17.2. The Morgan fingerprint density at radius 3 is 2.48 bits per heavy atom. The molecule has 0 radical (unpaired) electrons. The second-order valence-corrected chi connectivity index (χ2v) is 13.6. The van der Waals surface area contributed by atoms with Crippen LogP contribution in [0, 0.1) is 5.92 Å². The van der Waals surface area contributed by atoms with Gasteiger partial charge in [-0.1, -0.05) is 48.5 Å². The molecular weight excluding hydrogens is 638 g/mol. The Bertz CT molecular complexity index is 1600. The maximum Gasteiger partial charge on any atom is 0.251 e. The summed E-state index contributed by atoms with van der Waals surface area (Å²) in [6.45, 7) is 2.65. The lowest BCUT2D eigenvalue weighted by molar-refractivity contribution is -0.181. The summed E-state index contributed by atoms with van der Waals surface area (Å²) in [6, 6.07) is 20.3. The predicted octanol–water partition coefficient (Wildman–Crippen LogP) is 2.19. The first-order valence-corrected chi connectivity index (χ1v) is 17.2. The zero-order valence-corrected chi connectivity index (χ0v) is 29.4. The van der Waals surface area contributed by atoms with Gasteiger partial charge in [-0.3, -0.25) is 14.4 Å². The van der Waals surface area contributed by atoms with Crippen molar-refractivity contribution in [1.82, 2.24) is 15.3 Å². The van der Waals surface area contributed by atoms with Crippen LogP contribution in [0.15, 0.2) is 66.7 Å². The Hall–Kier alpha value is -4.04. The molecule has 3 aromatic rings. The third kappa shape index (κ3) is 8.45. The monoisotopic (exact) mass is 689 g/mol. The van der Waals surface area contributed by atoms with Crippen LogP contribution in [0.5, 0.6) is 5.75 Å². The summed E-state index contributed by atoms with van der Waals surface area (Å²) in [7, 11) is 5.53. The average molecular weight is 690 g/mol. The van der Waals surface area contributed by atoms with E-state index in [9.17, 15) is 24.9 Å². The lowest BCUT2D eigenvalue weighted by Crippen LogP contribution is -2.47. The average Bonchev–Trinajstić information content (AvgIpc) is 3.73. The van der Waals surface area contributed by atoms with Crippen molar-refractivity contribution in [2.24, 2.45) is 11.7 Å². The van der Waals surface area contributed by atoms with Crippen LogP contribution in [-0.2, 0) is 22.6 Å². The minimum absolute atomic E-state index is 0.00565. The van der Waals surface area contributed by atoms with Crippen molar-refractivity contribution in [1.29, 1.82) is 0 Å². The number of aliphatic hydroxyl groups is 3. The number of hydrogen-bond donors (Lipinski definition) is 5. The molecule has 2 fully saturated rings. The molecule has 3 aromatic carbocycles. The molecule has 0 aromatic heterocycles. The molecule has 2 saturated heterocycles. The van der Waals surface area contributed by atoms with Crippen molar-refractivity contribution in [3.8, 4) is 16.9 Å². The van der Waals surface area contributed by atoms with E-state index in [0.29, 0.717) is 29.8 Å². The first kappa shape index (κ1) is 37.2. The van der Waals surface area contributed by atoms with Gasteiger partial charge in [0.1, 0.15) is 17.9 Å². The summed E-state index contributed by atoms with van der Waals surface area (Å²) in [5.41, 5.74) is 10.4. The third-order valence-corrected chi connectivity index (χ3v) is 9.69. The number of ether oxygens (including phenoxy) is 1. The van der Waals surface area contributed by atoms with Gasteiger partial charge in [0.25, 0.3) is 5.91 Å². The van der Waals surface area contributed by atoms with Gasteiger partial charge in [0, 0.05) is 47.4 Å². The number of primary amides is 1. The van der Waals surface area contributed by atoms with Crippen LogP contribution in [0.3, 0.4) is 0 Å². The van der Waals surface area contributed by atoms with Gasteiger partial charge in [0.05, 0.1) is 39.0 Å². The summed E-state index contributed by atoms with van der Waals surface area (Å²) in [5.74, 6) is -1.09. The molecule has 12 heteroatoms. The van der Waals surface area contributed by atoms with Crippen LogP contribution in [0.1, 0.15) is 41.3 Å². The van der Waals surface area contributed by atoms with Gasteiger partial charge < -0.3 is 40.9 Å². The fourth-order valence-electron chi connectivity index (χ4n) is 7.45. The van der Waals surface area contributed by atoms with Crippen LogP contribution in [0.4, 0.5) is 5.69 Å². The molecule has 0 bridgehead atoms. The topological polar surface area (TPSA) is 161 Å². The second kappa shape index (κ2) is 16.8. The summed E-state index contributed by atoms with van der Waals surface area (Å²) >= 11 is 0. The van der Waals surface area contributed by atoms with E-state index in [-0.39, 0.29) is 31.1 Å². The molecular formula is C38H51N5O7. The number of aliphatic hydroxyl groups excluding tert-OH is 3. The van der Waals surface area contributed by atoms with E-state index in [0.717, 1.165) is 41.8 Å². The number of hydrogen-bond acceptors (Lipinski definition) is 10. The molecule has 2 aliphatic rings. The number of nitrogens with zero attached hydrogens (tertiary/aromatic N) is 3. The minimum atomic E-state index is -0.976. The molecule has 0 unspecified atom stereocenters. The number of hydroxylamine groups is 2. The van der Waals surface area contributed by atoms with Gasteiger partial charge in [0.15, 0.2) is 0 Å². The van der Waals surface area contributed by atoms with Gasteiger partial charge in [-0.2, -0.15) is 5.06 Å². The number of nitrogens with two attached hydrogens (primary N) is 1. The van der Waals surface area contributed by atoms with Crippen molar-refractivity contribution >= 4 is 17.5 Å². The molecule has 6 N–H and O–H groups in total. The van der Waals surface area contributed by atoms with Crippen molar-refractivity contribution in [3.63, 3.8) is 0 Å². The highest BCUT2D eigenvalue weighted by Crippen LogP contribution is 2.39. The molecule has 12 nitrogen and oxygen atoms in total. The second-order valence-electron chi connectivity index (χ2n) is 13.6. The number of benzene rings is 3. The van der Waals surface area contributed by atoms with Gasteiger partial charge in [-0.15, -0.1) is 0 Å². The molecule has 6 atom stereocenters. The van der Waals surface area contributed by atoms with Gasteiger partial charge >= 0.3 is 0 Å². The van der Waals surface area contributed by atoms with E-state index in [4.69, 9.17) is 15.3 Å². The highest BCUT2D eigenvalue weighted by molar-refractivity contribution is 5.97. The molecule has 0 aliphatic carbocycles. The van der Waals surface area contributed by atoms with Gasteiger partial charge in [-0.25, -0.2) is 0 Å². The molecule has 50 heavy (non-hydrogen) atoms. The van der Waals surface area contributed by atoms with Crippen molar-refractivity contribution in [2.75, 3.05) is 52.4 Å². The number of carbonyl (C=O) groups is 2. The van der Waals surface area contributed by atoms with Crippen LogP contribution in [-0.4, -0.2) is 115 Å². The van der Waals surface area contributed by atoms with E-state index in [1.807, 2.05) is 68.7 Å². The number of para-hydroxylation sites is 1. The van der Waals surface area contributed by atoms with E-state index < -0.39 is 36.7 Å². The van der Waals surface area contributed by atoms with Gasteiger partial charge in [0.2, 0.25) is 5.91 Å². The van der Waals surface area contributed by atoms with Gasteiger partial charge in [-0.05, 0) is 69.6 Å². The number of amides is 2. The van der Waals surface area contributed by atoms with Crippen LogP contribution >= 0.6 is 0 Å². The van der Waals surface area contributed by atoms with Crippen molar-refractivity contribution < 1.29 is 34.5 Å². The summed E-state index contributed by atoms with van der Waals surface area (Å²) in [5, 5.41) is 35.3. The Labute approximate surface area is 294 Å². The number of likely N-dealkylation sites (N-methyl/N-ethyl adjacent to an activating group) is 1. The SMILES string of the molecule is COc1c(CN2O[C@@H](CO)[C@@H]([C@H](C)O)[C@H]2C(N)=O)cccc1-c1cc(C(=O)N[C@@H](Cc2ccccc2)CN(C)C)cc(N2CCC[C@@H]2CO)c1. The lowest BCUT2D eigenvalue weighted by Gasteiger charge is -2.28. The fraction of sp³-hybridized carbons (Fsp3) is 0.474. The molecule has 0 saturated carbocycles. The third-order valence-electron chi connectivity index (χ3n) is 9.69. The molecule has 0 spiro atoms. The van der Waals surface area contributed by atoms with E-state index in [1.165, 1.54) is 5.06 Å². The molecule has 2 heterocycles. The Morgan fingerprint density at radius 2 is 1.84 bits per heavy atom. The first-order chi connectivity index (χ1) is 24.0. The highest BCUT2D eigenvalue weighted by atomic mass is 16.7. The summed E-state index contributed by atoms with van der Waals surface area (Å²) in [6.07, 6.45) is 0.689. The molecule has 2 aliphatic heterocycles. The molecule has 5 rings (SSSR count). The smallest absolute Gasteiger partial charge is 0.251 e.